The van der Waals surface area contributed by atoms with Crippen LogP contribution in [-0.4, -0.2) is 30.4 Å². The summed E-state index contributed by atoms with van der Waals surface area (Å²) in [4.78, 5) is 27.0. The van der Waals surface area contributed by atoms with E-state index < -0.39 is 5.97 Å². The van der Waals surface area contributed by atoms with Gasteiger partial charge in [0.1, 0.15) is 0 Å². The topological polar surface area (TPSA) is 46.6 Å². The molecule has 0 spiro atoms. The first-order valence-corrected chi connectivity index (χ1v) is 7.34. The third kappa shape index (κ3) is 2.54. The molecule has 0 aliphatic carbocycles. The highest BCUT2D eigenvalue weighted by molar-refractivity contribution is 7.10. The zero-order valence-electron chi connectivity index (χ0n) is 11.8. The van der Waals surface area contributed by atoms with Crippen molar-refractivity contribution >= 4 is 29.3 Å². The molecule has 5 heteroatoms. The Morgan fingerprint density at radius 1 is 1.50 bits per heavy atom. The molecule has 0 atom stereocenters. The molecule has 0 fully saturated rings. The van der Waals surface area contributed by atoms with Crippen molar-refractivity contribution in [2.75, 3.05) is 13.7 Å². The van der Waals surface area contributed by atoms with E-state index in [4.69, 9.17) is 4.74 Å². The number of nitrogens with zero attached hydrogens (tertiary/aromatic N) is 1. The summed E-state index contributed by atoms with van der Waals surface area (Å²) in [6.07, 6.45) is 2.60. The van der Waals surface area contributed by atoms with Crippen molar-refractivity contribution in [3.05, 3.63) is 39.2 Å². The van der Waals surface area contributed by atoms with Crippen LogP contribution in [0, 0.1) is 0 Å². The van der Waals surface area contributed by atoms with E-state index in [0.29, 0.717) is 23.4 Å². The van der Waals surface area contributed by atoms with Crippen molar-refractivity contribution in [1.82, 2.24) is 4.90 Å². The van der Waals surface area contributed by atoms with Gasteiger partial charge in [0.05, 0.1) is 18.3 Å². The first-order chi connectivity index (χ1) is 9.60. The number of methoxy groups -OCH3 is 1. The van der Waals surface area contributed by atoms with E-state index in [2.05, 4.69) is 0 Å². The minimum atomic E-state index is -0.461. The lowest BCUT2D eigenvalue weighted by molar-refractivity contribution is -0.136. The number of carbonyl (C=O) groups is 2. The second-order valence-electron chi connectivity index (χ2n) is 4.48. The summed E-state index contributed by atoms with van der Waals surface area (Å²) in [7, 11) is 1.33. The van der Waals surface area contributed by atoms with Crippen molar-refractivity contribution in [3.63, 3.8) is 0 Å². The van der Waals surface area contributed by atoms with Gasteiger partial charge in [0.15, 0.2) is 0 Å². The smallest absolute Gasteiger partial charge is 0.340 e. The molecule has 20 heavy (non-hydrogen) atoms. The maximum atomic E-state index is 12.5. The van der Waals surface area contributed by atoms with Crippen LogP contribution in [0.4, 0.5) is 0 Å². The molecule has 1 amide bonds. The fourth-order valence-electron chi connectivity index (χ4n) is 2.24. The van der Waals surface area contributed by atoms with Gasteiger partial charge in [-0.15, -0.1) is 11.3 Å². The van der Waals surface area contributed by atoms with Gasteiger partial charge < -0.3 is 9.64 Å². The average molecular weight is 291 g/mol. The fourth-order valence-corrected chi connectivity index (χ4v) is 2.89. The first-order valence-electron chi connectivity index (χ1n) is 6.46. The zero-order valence-corrected chi connectivity index (χ0v) is 12.6. The van der Waals surface area contributed by atoms with Gasteiger partial charge in [0.2, 0.25) is 0 Å². The molecule has 0 radical (unpaired) electrons. The Labute approximate surface area is 122 Å². The lowest BCUT2D eigenvalue weighted by Crippen LogP contribution is -2.25. The van der Waals surface area contributed by atoms with Gasteiger partial charge in [-0.25, -0.2) is 4.79 Å². The first kappa shape index (κ1) is 14.5. The number of ether oxygens (including phenoxy) is 1. The van der Waals surface area contributed by atoms with Gasteiger partial charge in [0, 0.05) is 17.1 Å². The van der Waals surface area contributed by atoms with Crippen molar-refractivity contribution in [2.24, 2.45) is 0 Å². The summed E-state index contributed by atoms with van der Waals surface area (Å²) >= 11 is 1.53. The summed E-state index contributed by atoms with van der Waals surface area (Å²) in [5.41, 5.74) is 1.47. The van der Waals surface area contributed by atoms with Crippen molar-refractivity contribution in [1.29, 1.82) is 0 Å². The second kappa shape index (κ2) is 6.05. The van der Waals surface area contributed by atoms with E-state index in [0.717, 1.165) is 11.3 Å². The van der Waals surface area contributed by atoms with E-state index in [1.54, 1.807) is 17.9 Å². The minimum absolute atomic E-state index is 0.127. The zero-order chi connectivity index (χ0) is 14.7. The second-order valence-corrected chi connectivity index (χ2v) is 5.46. The Kier molecular flexibility index (Phi) is 4.39. The van der Waals surface area contributed by atoms with Crippen LogP contribution in [0.2, 0.25) is 0 Å². The van der Waals surface area contributed by atoms with Gasteiger partial charge in [0.25, 0.3) is 5.91 Å². The Morgan fingerprint density at radius 3 is 2.80 bits per heavy atom. The lowest BCUT2D eigenvalue weighted by atomic mass is 10.1. The molecule has 1 aliphatic heterocycles. The molecule has 4 nitrogen and oxygen atoms in total. The molecule has 1 aliphatic rings. The molecule has 2 rings (SSSR count). The van der Waals surface area contributed by atoms with Crippen molar-refractivity contribution in [2.45, 2.75) is 20.3 Å². The monoisotopic (exact) mass is 291 g/mol. The van der Waals surface area contributed by atoms with Crippen LogP contribution in [-0.2, 0) is 14.3 Å². The van der Waals surface area contributed by atoms with Crippen molar-refractivity contribution < 1.29 is 14.3 Å². The molecular formula is C15H17NO3S. The molecule has 1 aromatic rings. The molecule has 0 N–H and O–H groups in total. The van der Waals surface area contributed by atoms with Gasteiger partial charge in [-0.05, 0) is 30.9 Å². The lowest BCUT2D eigenvalue weighted by Gasteiger charge is -2.16. The van der Waals surface area contributed by atoms with E-state index in [1.165, 1.54) is 18.4 Å². The predicted octanol–water partition coefficient (Wildman–Crippen LogP) is 2.83. The highest BCUT2D eigenvalue weighted by Gasteiger charge is 2.36. The number of thiophene rings is 1. The Bertz CT molecular complexity index is 584. The predicted molar refractivity (Wildman–Crippen MR) is 79.0 cm³/mol. The third-order valence-electron chi connectivity index (χ3n) is 3.18. The Hall–Kier alpha value is -1.88. The summed E-state index contributed by atoms with van der Waals surface area (Å²) in [5, 5.41) is 1.93. The molecule has 106 valence electrons. The van der Waals surface area contributed by atoms with Crippen molar-refractivity contribution in [3.8, 4) is 0 Å². The van der Waals surface area contributed by atoms with Crippen LogP contribution >= 0.6 is 11.3 Å². The standard InChI is InChI=1S/C15H17NO3S/c1-4-7-16-10(2)13(15(18)19-3)12(14(16)17)9-11-6-5-8-20-11/h5-6,8-9H,4,7H2,1-3H3/b12-9-. The number of amides is 1. The highest BCUT2D eigenvalue weighted by atomic mass is 32.1. The molecule has 1 aromatic heterocycles. The number of hydrogen-bond acceptors (Lipinski definition) is 4. The molecule has 0 unspecified atom stereocenters. The minimum Gasteiger partial charge on any atom is -0.465 e. The Balaban J connectivity index is 2.49. The normalized spacial score (nSPS) is 17.2. The number of rotatable bonds is 4. The largest absolute Gasteiger partial charge is 0.465 e. The third-order valence-corrected chi connectivity index (χ3v) is 4.00. The van der Waals surface area contributed by atoms with Gasteiger partial charge in [-0.2, -0.15) is 0 Å². The van der Waals surface area contributed by atoms with Crippen LogP contribution in [0.3, 0.4) is 0 Å². The quantitative estimate of drug-likeness (QED) is 0.633. The maximum absolute atomic E-state index is 12.5. The van der Waals surface area contributed by atoms with Crippen LogP contribution in [0.25, 0.3) is 6.08 Å². The summed E-state index contributed by atoms with van der Waals surface area (Å²) < 4.78 is 4.82. The van der Waals surface area contributed by atoms with Crippen LogP contribution in [0.15, 0.2) is 34.4 Å². The SMILES string of the molecule is CCCN1C(=O)/C(=C\c2cccs2)C(C(=O)OC)=C1C. The average Bonchev–Trinajstić information content (AvgIpc) is 3.02. The van der Waals surface area contributed by atoms with E-state index in [1.807, 2.05) is 24.4 Å². The highest BCUT2D eigenvalue weighted by Crippen LogP contribution is 2.32. The summed E-state index contributed by atoms with van der Waals surface area (Å²) in [6, 6.07) is 3.83. The fraction of sp³-hybridized carbons (Fsp3) is 0.333. The number of carbonyl (C=O) groups excluding carboxylic acids is 2. The molecule has 2 heterocycles. The van der Waals surface area contributed by atoms with Gasteiger partial charge in [-0.3, -0.25) is 4.79 Å². The molecule has 0 bridgehead atoms. The van der Waals surface area contributed by atoms with E-state index in [-0.39, 0.29) is 5.91 Å². The molecule has 0 saturated carbocycles. The van der Waals surface area contributed by atoms with Crippen LogP contribution in [0.1, 0.15) is 25.1 Å². The van der Waals surface area contributed by atoms with Crippen LogP contribution < -0.4 is 0 Å². The van der Waals surface area contributed by atoms with Gasteiger partial charge in [-0.1, -0.05) is 13.0 Å². The Morgan fingerprint density at radius 2 is 2.25 bits per heavy atom. The molecule has 0 aromatic carbocycles. The van der Waals surface area contributed by atoms with Gasteiger partial charge >= 0.3 is 5.97 Å². The van der Waals surface area contributed by atoms with Crippen LogP contribution in [0.5, 0.6) is 0 Å². The molecule has 0 saturated heterocycles. The van der Waals surface area contributed by atoms with E-state index >= 15 is 0 Å². The summed E-state index contributed by atoms with van der Waals surface area (Å²) in [5.74, 6) is -0.588. The van der Waals surface area contributed by atoms with E-state index in [9.17, 15) is 9.59 Å². The molecular weight excluding hydrogens is 274 g/mol. The maximum Gasteiger partial charge on any atom is 0.340 e. The summed E-state index contributed by atoms with van der Waals surface area (Å²) in [6.45, 7) is 4.39. The number of hydrogen-bond donors (Lipinski definition) is 0. The number of esters is 1. The number of allylic oxidation sites excluding steroid dienone is 1.